The van der Waals surface area contributed by atoms with Crippen LogP contribution in [0.15, 0.2) is 47.7 Å². The minimum atomic E-state index is -0.0631. The number of hydrogen-bond acceptors (Lipinski definition) is 2. The zero-order valence-corrected chi connectivity index (χ0v) is 24.3. The fraction of sp³-hybridized carbons (Fsp3) is 0.625. The van der Waals surface area contributed by atoms with Crippen LogP contribution >= 0.6 is 0 Å². The van der Waals surface area contributed by atoms with Gasteiger partial charge in [0.25, 0.3) is 0 Å². The van der Waals surface area contributed by atoms with Gasteiger partial charge in [-0.1, -0.05) is 102 Å². The molecule has 35 heavy (non-hydrogen) atoms. The van der Waals surface area contributed by atoms with E-state index in [1.807, 2.05) is 6.92 Å². The molecular weight excluding hydrogens is 430 g/mol. The van der Waals surface area contributed by atoms with E-state index in [9.17, 15) is 9.59 Å². The van der Waals surface area contributed by atoms with Crippen molar-refractivity contribution in [3.63, 3.8) is 0 Å². The van der Waals surface area contributed by atoms with Crippen molar-refractivity contribution in [2.24, 2.45) is 11.8 Å². The Balaban J connectivity index is 0.000000496. The van der Waals surface area contributed by atoms with Gasteiger partial charge in [-0.05, 0) is 57.9 Å². The standard InChI is InChI=1S/C12H16.C11H17NO2.C6H12.C3H8/c1-10(2)4-7-12-8-5-11(3)6-9-12;1-7(2)6-12-9(4)8(3)10(13)5-11(12)14;1-6-4-2-3-5-6;1-3-2/h5-6,8-9H,1,4,7H2,2-3H3;7H,5-6H2,1-4H3;6H,2-5H2,1H3;3H2,1-2H3. The van der Waals surface area contributed by atoms with Crippen LogP contribution in [-0.4, -0.2) is 23.1 Å². The summed E-state index contributed by atoms with van der Waals surface area (Å²) in [6.45, 7) is 23.1. The second kappa shape index (κ2) is 18.2. The third-order valence-electron chi connectivity index (χ3n) is 6.13. The first-order valence-electron chi connectivity index (χ1n) is 13.6. The molecule has 1 amide bonds. The Bertz CT molecular complexity index is 795. The van der Waals surface area contributed by atoms with E-state index in [1.54, 1.807) is 11.8 Å². The Morgan fingerprint density at radius 3 is 1.94 bits per heavy atom. The van der Waals surface area contributed by atoms with Gasteiger partial charge in [0.1, 0.15) is 0 Å². The van der Waals surface area contributed by atoms with Crippen molar-refractivity contribution >= 4 is 11.7 Å². The summed E-state index contributed by atoms with van der Waals surface area (Å²) in [5, 5.41) is 0. The number of Topliss-reactive ketones (excluding diaryl/α,β-unsaturated/α-hetero) is 1. The smallest absolute Gasteiger partial charge is 0.234 e. The second-order valence-corrected chi connectivity index (χ2v) is 10.7. The molecule has 2 aliphatic rings. The minimum absolute atomic E-state index is 0.0347. The molecule has 1 fully saturated rings. The average molecular weight is 484 g/mol. The van der Waals surface area contributed by atoms with Crippen LogP contribution in [0.3, 0.4) is 0 Å². The Labute approximate surface area is 217 Å². The van der Waals surface area contributed by atoms with E-state index in [-0.39, 0.29) is 18.1 Å². The number of hydrogen-bond donors (Lipinski definition) is 0. The van der Waals surface area contributed by atoms with E-state index in [0.717, 1.165) is 30.0 Å². The molecule has 0 spiro atoms. The topological polar surface area (TPSA) is 37.4 Å². The SMILES string of the molecule is C=C(C)CCc1ccc(C)cc1.CC1=C(C)N(CC(C)C)C(=O)CC1=O.CC1CCCC1.CCC. The van der Waals surface area contributed by atoms with Gasteiger partial charge in [0.15, 0.2) is 5.78 Å². The van der Waals surface area contributed by atoms with Crippen molar-refractivity contribution in [3.05, 3.63) is 58.8 Å². The van der Waals surface area contributed by atoms with Crippen LogP contribution in [0.2, 0.25) is 0 Å². The van der Waals surface area contributed by atoms with Crippen molar-refractivity contribution in [1.82, 2.24) is 4.90 Å². The Kier molecular flexibility index (Phi) is 17.0. The fourth-order valence-electron chi connectivity index (χ4n) is 3.80. The highest BCUT2D eigenvalue weighted by Crippen LogP contribution is 2.23. The number of nitrogens with zero attached hydrogens (tertiary/aromatic N) is 1. The number of carbonyl (C=O) groups is 2. The van der Waals surface area contributed by atoms with E-state index in [1.165, 1.54) is 48.8 Å². The lowest BCUT2D eigenvalue weighted by atomic mass is 10.0. The summed E-state index contributed by atoms with van der Waals surface area (Å²) in [6.07, 6.45) is 9.46. The predicted molar refractivity (Wildman–Crippen MR) is 152 cm³/mol. The molecule has 0 bridgehead atoms. The van der Waals surface area contributed by atoms with Gasteiger partial charge < -0.3 is 4.90 Å². The Hall–Kier alpha value is -2.16. The molecule has 0 unspecified atom stereocenters. The minimum Gasteiger partial charge on any atom is -0.315 e. The molecule has 1 aliphatic heterocycles. The van der Waals surface area contributed by atoms with Crippen molar-refractivity contribution in [3.8, 4) is 0 Å². The molecular formula is C32H53NO2. The van der Waals surface area contributed by atoms with Gasteiger partial charge in [-0.15, -0.1) is 6.58 Å². The summed E-state index contributed by atoms with van der Waals surface area (Å²) >= 11 is 0. The molecule has 0 radical (unpaired) electrons. The van der Waals surface area contributed by atoms with Crippen molar-refractivity contribution < 1.29 is 9.59 Å². The third kappa shape index (κ3) is 14.8. The highest BCUT2D eigenvalue weighted by Gasteiger charge is 2.27. The number of amides is 1. The Morgan fingerprint density at radius 1 is 1.03 bits per heavy atom. The lowest BCUT2D eigenvalue weighted by molar-refractivity contribution is -0.134. The summed E-state index contributed by atoms with van der Waals surface area (Å²) in [6, 6.07) is 8.71. The van der Waals surface area contributed by atoms with Crippen LogP contribution in [0.25, 0.3) is 0 Å². The summed E-state index contributed by atoms with van der Waals surface area (Å²) < 4.78 is 0. The van der Waals surface area contributed by atoms with Crippen LogP contribution in [0.4, 0.5) is 0 Å². The van der Waals surface area contributed by atoms with Crippen LogP contribution in [0, 0.1) is 18.8 Å². The maximum Gasteiger partial charge on any atom is 0.234 e. The van der Waals surface area contributed by atoms with Crippen LogP contribution in [-0.2, 0) is 16.0 Å². The van der Waals surface area contributed by atoms with E-state index in [4.69, 9.17) is 0 Å². The molecule has 1 aliphatic carbocycles. The van der Waals surface area contributed by atoms with Gasteiger partial charge >= 0.3 is 0 Å². The number of rotatable bonds is 5. The zero-order valence-electron chi connectivity index (χ0n) is 24.3. The Morgan fingerprint density at radius 2 is 1.54 bits per heavy atom. The molecule has 198 valence electrons. The maximum absolute atomic E-state index is 11.6. The molecule has 1 saturated carbocycles. The number of benzene rings is 1. The van der Waals surface area contributed by atoms with E-state index < -0.39 is 0 Å². The number of ketones is 1. The quantitative estimate of drug-likeness (QED) is 0.310. The molecule has 1 heterocycles. The summed E-state index contributed by atoms with van der Waals surface area (Å²) in [4.78, 5) is 24.6. The van der Waals surface area contributed by atoms with Gasteiger partial charge in [-0.25, -0.2) is 0 Å². The number of carbonyl (C=O) groups excluding carboxylic acids is 2. The highest BCUT2D eigenvalue weighted by molar-refractivity contribution is 6.10. The summed E-state index contributed by atoms with van der Waals surface area (Å²) in [7, 11) is 0. The summed E-state index contributed by atoms with van der Waals surface area (Å²) in [5.41, 5.74) is 5.54. The fourth-order valence-corrected chi connectivity index (χ4v) is 3.80. The van der Waals surface area contributed by atoms with E-state index in [0.29, 0.717) is 12.5 Å². The average Bonchev–Trinajstić information content (AvgIpc) is 3.27. The summed E-state index contributed by atoms with van der Waals surface area (Å²) in [5.74, 6) is 1.37. The van der Waals surface area contributed by atoms with Crippen LogP contribution in [0.1, 0.15) is 111 Å². The second-order valence-electron chi connectivity index (χ2n) is 10.7. The molecule has 1 aromatic rings. The largest absolute Gasteiger partial charge is 0.315 e. The van der Waals surface area contributed by atoms with Crippen LogP contribution in [0.5, 0.6) is 0 Å². The molecule has 3 nitrogen and oxygen atoms in total. The first-order chi connectivity index (χ1) is 16.4. The number of aryl methyl sites for hydroxylation is 2. The normalized spacial score (nSPS) is 15.7. The maximum atomic E-state index is 11.6. The lowest BCUT2D eigenvalue weighted by Gasteiger charge is -2.29. The van der Waals surface area contributed by atoms with E-state index in [2.05, 4.69) is 79.3 Å². The molecule has 3 rings (SSSR count). The third-order valence-corrected chi connectivity index (χ3v) is 6.13. The van der Waals surface area contributed by atoms with Gasteiger partial charge in [0.05, 0.1) is 6.42 Å². The first-order valence-corrected chi connectivity index (χ1v) is 13.6. The predicted octanol–water partition coefficient (Wildman–Crippen LogP) is 8.85. The zero-order chi connectivity index (χ0) is 27.0. The van der Waals surface area contributed by atoms with Gasteiger partial charge in [0, 0.05) is 17.8 Å². The molecule has 0 atom stereocenters. The molecule has 3 heteroatoms. The molecule has 0 saturated heterocycles. The van der Waals surface area contributed by atoms with Gasteiger partial charge in [-0.2, -0.15) is 0 Å². The lowest BCUT2D eigenvalue weighted by Crippen LogP contribution is -2.38. The van der Waals surface area contributed by atoms with Crippen molar-refractivity contribution in [2.75, 3.05) is 6.54 Å². The monoisotopic (exact) mass is 483 g/mol. The molecule has 0 aromatic heterocycles. The first kappa shape index (κ1) is 32.8. The molecule has 1 aromatic carbocycles. The highest BCUT2D eigenvalue weighted by atomic mass is 16.2. The van der Waals surface area contributed by atoms with Crippen molar-refractivity contribution in [2.45, 2.75) is 114 Å². The van der Waals surface area contributed by atoms with Gasteiger partial charge in [-0.3, -0.25) is 9.59 Å². The molecule has 0 N–H and O–H groups in total. The van der Waals surface area contributed by atoms with Gasteiger partial charge in [0.2, 0.25) is 5.91 Å². The number of allylic oxidation sites excluding steroid dienone is 3. The van der Waals surface area contributed by atoms with Crippen LogP contribution < -0.4 is 0 Å². The van der Waals surface area contributed by atoms with Crippen molar-refractivity contribution in [1.29, 1.82) is 0 Å². The van der Waals surface area contributed by atoms with E-state index >= 15 is 0 Å².